The van der Waals surface area contributed by atoms with Gasteiger partial charge in [-0.05, 0) is 43.4 Å². The van der Waals surface area contributed by atoms with E-state index >= 15 is 0 Å². The highest BCUT2D eigenvalue weighted by atomic mass is 31.2. The summed E-state index contributed by atoms with van der Waals surface area (Å²) in [6, 6.07) is 0. The lowest BCUT2D eigenvalue weighted by Gasteiger charge is -2.21. The molecule has 0 heterocycles. The minimum atomic E-state index is -4.95. The van der Waals surface area contributed by atoms with Crippen LogP contribution in [0.3, 0.4) is 0 Å². The SMILES string of the molecule is CCCCCCCCCCCC(=O)OC[C@H](COP(=O)(O)OC[C@H](O)COP(=O)(O)OC[C@@H](COC(=O)CCCCCCCCCCC(C)C)OC(=O)CCCCCCCCCCCCCCCC(C)C)OC(=O)CCCCCCCCCCC(C)C. The first-order valence-corrected chi connectivity index (χ1v) is 38.3. The summed E-state index contributed by atoms with van der Waals surface area (Å²) < 4.78 is 68.1. The van der Waals surface area contributed by atoms with Crippen LogP contribution in [0.2, 0.25) is 0 Å². The Bertz CT molecular complexity index is 1720. The largest absolute Gasteiger partial charge is 0.472 e. The van der Waals surface area contributed by atoms with E-state index in [0.29, 0.717) is 25.7 Å². The Morgan fingerprint density at radius 2 is 0.529 bits per heavy atom. The molecule has 5 atom stereocenters. The molecule has 0 fully saturated rings. The highest BCUT2D eigenvalue weighted by Gasteiger charge is 2.30. The molecular weight excluding hydrogens is 1150 g/mol. The summed E-state index contributed by atoms with van der Waals surface area (Å²) in [4.78, 5) is 72.4. The molecule has 0 aliphatic heterocycles. The molecule has 0 saturated carbocycles. The fourth-order valence-corrected chi connectivity index (χ4v) is 11.8. The highest BCUT2D eigenvalue weighted by Crippen LogP contribution is 2.45. The van der Waals surface area contributed by atoms with Gasteiger partial charge in [0, 0.05) is 25.7 Å². The predicted molar refractivity (Wildman–Crippen MR) is 349 cm³/mol. The van der Waals surface area contributed by atoms with Gasteiger partial charge in [0.2, 0.25) is 0 Å². The molecule has 0 aliphatic rings. The van der Waals surface area contributed by atoms with Gasteiger partial charge < -0.3 is 33.8 Å². The Kier molecular flexibility index (Phi) is 57.8. The molecule has 19 heteroatoms. The highest BCUT2D eigenvalue weighted by molar-refractivity contribution is 7.47. The second-order valence-electron chi connectivity index (χ2n) is 26.0. The molecule has 0 bridgehead atoms. The normalized spacial score (nSPS) is 14.3. The van der Waals surface area contributed by atoms with Crippen molar-refractivity contribution in [3.63, 3.8) is 0 Å². The minimum absolute atomic E-state index is 0.104. The van der Waals surface area contributed by atoms with Gasteiger partial charge in [-0.3, -0.25) is 37.3 Å². The van der Waals surface area contributed by atoms with Crippen LogP contribution >= 0.6 is 15.6 Å². The maximum absolute atomic E-state index is 13.0. The first-order chi connectivity index (χ1) is 41.7. The van der Waals surface area contributed by atoms with Crippen molar-refractivity contribution in [3.05, 3.63) is 0 Å². The first-order valence-electron chi connectivity index (χ1n) is 35.3. The van der Waals surface area contributed by atoms with E-state index in [1.807, 2.05) is 0 Å². The fraction of sp³-hybridized carbons (Fsp3) is 0.941. The van der Waals surface area contributed by atoms with Crippen molar-refractivity contribution in [2.75, 3.05) is 39.6 Å². The summed E-state index contributed by atoms with van der Waals surface area (Å²) in [5, 5.41) is 10.6. The second-order valence-corrected chi connectivity index (χ2v) is 28.9. The van der Waals surface area contributed by atoms with Crippen LogP contribution in [0.1, 0.15) is 337 Å². The van der Waals surface area contributed by atoms with Crippen molar-refractivity contribution in [2.24, 2.45) is 17.8 Å². The van der Waals surface area contributed by atoms with Gasteiger partial charge in [-0.25, -0.2) is 9.13 Å². The van der Waals surface area contributed by atoms with E-state index in [2.05, 4.69) is 48.5 Å². The van der Waals surface area contributed by atoms with Crippen LogP contribution < -0.4 is 0 Å². The second kappa shape index (κ2) is 59.1. The standard InChI is InChI=1S/C68H132O17P2/c1-8-9-10-11-12-18-28-35-42-49-65(70)78-55-64(85-68(73)52-45-38-31-24-22-27-34-41-48-61(6)7)58-83-87(76,77)81-54-62(69)53-80-86(74,75)82-57-63(56-79-66(71)50-43-36-29-23-21-26-33-40-47-60(4)5)84-67(72)51-44-37-30-20-17-15-13-14-16-19-25-32-39-46-59(2)3/h59-64,69H,8-58H2,1-7H3,(H,74,75)(H,76,77)/t62-,63-,64-/m1/s1. The Morgan fingerprint density at radius 3 is 0.782 bits per heavy atom. The lowest BCUT2D eigenvalue weighted by molar-refractivity contribution is -0.161. The molecular formula is C68H132O17P2. The van der Waals surface area contributed by atoms with Gasteiger partial charge in [0.15, 0.2) is 12.2 Å². The predicted octanol–water partition coefficient (Wildman–Crippen LogP) is 19.1. The molecule has 516 valence electrons. The zero-order valence-corrected chi connectivity index (χ0v) is 58.3. The molecule has 87 heavy (non-hydrogen) atoms. The van der Waals surface area contributed by atoms with E-state index < -0.39 is 97.5 Å². The lowest BCUT2D eigenvalue weighted by atomic mass is 10.0. The van der Waals surface area contributed by atoms with Crippen molar-refractivity contribution >= 4 is 39.5 Å². The number of unbranched alkanes of at least 4 members (excludes halogenated alkanes) is 34. The quantitative estimate of drug-likeness (QED) is 0.0222. The number of carbonyl (C=O) groups excluding carboxylic acids is 4. The Balaban J connectivity index is 5.23. The van der Waals surface area contributed by atoms with Crippen molar-refractivity contribution in [1.29, 1.82) is 0 Å². The molecule has 0 saturated heterocycles. The van der Waals surface area contributed by atoms with E-state index in [0.717, 1.165) is 108 Å². The molecule has 0 radical (unpaired) electrons. The monoisotopic (exact) mass is 1280 g/mol. The number of carbonyl (C=O) groups is 4. The van der Waals surface area contributed by atoms with Gasteiger partial charge >= 0.3 is 39.5 Å². The van der Waals surface area contributed by atoms with Crippen LogP contribution in [-0.4, -0.2) is 96.7 Å². The van der Waals surface area contributed by atoms with Gasteiger partial charge in [-0.2, -0.15) is 0 Å². The zero-order valence-electron chi connectivity index (χ0n) is 56.5. The Morgan fingerprint density at radius 1 is 0.310 bits per heavy atom. The van der Waals surface area contributed by atoms with Crippen LogP contribution in [0.25, 0.3) is 0 Å². The summed E-state index contributed by atoms with van der Waals surface area (Å²) >= 11 is 0. The summed E-state index contributed by atoms with van der Waals surface area (Å²) in [6.07, 6.45) is 41.7. The topological polar surface area (TPSA) is 237 Å². The smallest absolute Gasteiger partial charge is 0.462 e. The van der Waals surface area contributed by atoms with E-state index in [1.54, 1.807) is 0 Å². The number of ether oxygens (including phenoxy) is 4. The molecule has 2 unspecified atom stereocenters. The lowest BCUT2D eigenvalue weighted by Crippen LogP contribution is -2.30. The molecule has 0 rings (SSSR count). The van der Waals surface area contributed by atoms with E-state index in [9.17, 15) is 43.2 Å². The zero-order chi connectivity index (χ0) is 64.5. The molecule has 0 spiro atoms. The average molecular weight is 1280 g/mol. The van der Waals surface area contributed by atoms with Crippen LogP contribution in [0.5, 0.6) is 0 Å². The number of hydrogen-bond donors (Lipinski definition) is 3. The molecule has 0 aromatic carbocycles. The third kappa shape index (κ3) is 62.6. The van der Waals surface area contributed by atoms with Crippen molar-refractivity contribution in [2.45, 2.75) is 356 Å². The van der Waals surface area contributed by atoms with Crippen molar-refractivity contribution < 1.29 is 80.2 Å². The number of hydrogen-bond acceptors (Lipinski definition) is 15. The summed E-state index contributed by atoms with van der Waals surface area (Å²) in [5.41, 5.74) is 0. The number of phosphoric acid groups is 2. The van der Waals surface area contributed by atoms with Crippen molar-refractivity contribution in [3.8, 4) is 0 Å². The van der Waals surface area contributed by atoms with Gasteiger partial charge in [0.1, 0.15) is 19.3 Å². The van der Waals surface area contributed by atoms with Crippen LogP contribution in [0.15, 0.2) is 0 Å². The maximum atomic E-state index is 13.0. The van der Waals surface area contributed by atoms with Gasteiger partial charge in [0.25, 0.3) is 0 Å². The number of aliphatic hydroxyl groups is 1. The van der Waals surface area contributed by atoms with Gasteiger partial charge in [-0.1, -0.05) is 286 Å². The number of phosphoric ester groups is 2. The van der Waals surface area contributed by atoms with Gasteiger partial charge in [0.05, 0.1) is 26.4 Å². The summed E-state index contributed by atoms with van der Waals surface area (Å²) in [6.45, 7) is 11.8. The summed E-state index contributed by atoms with van der Waals surface area (Å²) in [5.74, 6) is 0.0993. The van der Waals surface area contributed by atoms with E-state index in [4.69, 9.17) is 37.0 Å². The Labute approximate surface area is 530 Å². The molecule has 0 aliphatic carbocycles. The Hall–Kier alpha value is -1.94. The molecule has 3 N–H and O–H groups in total. The number of aliphatic hydroxyl groups excluding tert-OH is 1. The van der Waals surface area contributed by atoms with Crippen LogP contribution in [0, 0.1) is 17.8 Å². The average Bonchev–Trinajstić information content (AvgIpc) is 3.68. The molecule has 0 aromatic heterocycles. The molecule has 0 amide bonds. The molecule has 17 nitrogen and oxygen atoms in total. The minimum Gasteiger partial charge on any atom is -0.462 e. The maximum Gasteiger partial charge on any atom is 0.472 e. The third-order valence-corrected chi connectivity index (χ3v) is 17.5. The number of rotatable bonds is 66. The van der Waals surface area contributed by atoms with Crippen LogP contribution in [-0.2, 0) is 65.4 Å². The van der Waals surface area contributed by atoms with Crippen LogP contribution in [0.4, 0.5) is 0 Å². The first kappa shape index (κ1) is 85.1. The van der Waals surface area contributed by atoms with E-state index in [1.165, 1.54) is 148 Å². The van der Waals surface area contributed by atoms with Crippen molar-refractivity contribution in [1.82, 2.24) is 0 Å². The number of esters is 4. The third-order valence-electron chi connectivity index (χ3n) is 15.6. The fourth-order valence-electron chi connectivity index (χ4n) is 10.2. The molecule has 0 aromatic rings. The van der Waals surface area contributed by atoms with Gasteiger partial charge in [-0.15, -0.1) is 0 Å². The van der Waals surface area contributed by atoms with E-state index in [-0.39, 0.29) is 25.7 Å². The summed E-state index contributed by atoms with van der Waals surface area (Å²) in [7, 11) is -9.89.